The fourth-order valence-electron chi connectivity index (χ4n) is 3.32. The van der Waals surface area contributed by atoms with E-state index in [9.17, 15) is 9.90 Å². The molecule has 1 aromatic carbocycles. The average molecular weight is 418 g/mol. The SMILES string of the molecule is Cc1ncoc1COc1ccc2c(c1)CCN(CC(O)CNC(=O)OC(C)(C)C)C2. The molecule has 3 rings (SSSR count). The Morgan fingerprint density at radius 1 is 1.37 bits per heavy atom. The van der Waals surface area contributed by atoms with E-state index in [1.165, 1.54) is 17.5 Å². The fraction of sp³-hybridized carbons (Fsp3) is 0.545. The third-order valence-electron chi connectivity index (χ3n) is 4.83. The van der Waals surface area contributed by atoms with Crippen LogP contribution in [0.2, 0.25) is 0 Å². The van der Waals surface area contributed by atoms with E-state index in [4.69, 9.17) is 13.9 Å². The normalized spacial score (nSPS) is 15.4. The highest BCUT2D eigenvalue weighted by Crippen LogP contribution is 2.25. The molecule has 164 valence electrons. The lowest BCUT2D eigenvalue weighted by atomic mass is 9.99. The second-order valence-electron chi connectivity index (χ2n) is 8.60. The third-order valence-corrected chi connectivity index (χ3v) is 4.83. The molecule has 8 nitrogen and oxygen atoms in total. The molecule has 8 heteroatoms. The Morgan fingerprint density at radius 2 is 2.17 bits per heavy atom. The number of aromatic nitrogens is 1. The summed E-state index contributed by atoms with van der Waals surface area (Å²) in [6.45, 7) is 9.89. The van der Waals surface area contributed by atoms with Gasteiger partial charge in [-0.3, -0.25) is 4.90 Å². The number of ether oxygens (including phenoxy) is 2. The number of carbonyl (C=O) groups excluding carboxylic acids is 1. The molecule has 30 heavy (non-hydrogen) atoms. The number of aliphatic hydroxyl groups excluding tert-OH is 1. The maximum Gasteiger partial charge on any atom is 0.407 e. The van der Waals surface area contributed by atoms with Crippen LogP contribution >= 0.6 is 0 Å². The molecule has 1 atom stereocenters. The first-order valence-electron chi connectivity index (χ1n) is 10.2. The van der Waals surface area contributed by atoms with Crippen LogP contribution in [0.4, 0.5) is 4.79 Å². The minimum atomic E-state index is -0.660. The summed E-state index contributed by atoms with van der Waals surface area (Å²) >= 11 is 0. The number of β-amino-alcohol motifs (C(OH)–C–C–N with tert-alkyl or cyclic N) is 1. The lowest BCUT2D eigenvalue weighted by Gasteiger charge is -2.30. The first kappa shape index (κ1) is 22.1. The van der Waals surface area contributed by atoms with Gasteiger partial charge in [0.2, 0.25) is 0 Å². The number of rotatable bonds is 7. The number of fused-ring (bicyclic) bond motifs is 1. The van der Waals surface area contributed by atoms with Crippen molar-refractivity contribution in [3.63, 3.8) is 0 Å². The van der Waals surface area contributed by atoms with Crippen LogP contribution in [-0.2, 0) is 24.3 Å². The lowest BCUT2D eigenvalue weighted by Crippen LogP contribution is -2.43. The van der Waals surface area contributed by atoms with Crippen molar-refractivity contribution in [1.82, 2.24) is 15.2 Å². The molecule has 0 aliphatic carbocycles. The number of aryl methyl sites for hydroxylation is 1. The number of oxazole rings is 1. The summed E-state index contributed by atoms with van der Waals surface area (Å²) in [5.74, 6) is 1.53. The largest absolute Gasteiger partial charge is 0.486 e. The summed E-state index contributed by atoms with van der Waals surface area (Å²) in [5, 5.41) is 12.9. The third kappa shape index (κ3) is 6.47. The summed E-state index contributed by atoms with van der Waals surface area (Å²) in [7, 11) is 0. The van der Waals surface area contributed by atoms with E-state index in [-0.39, 0.29) is 6.54 Å². The number of alkyl carbamates (subject to hydrolysis) is 1. The Morgan fingerprint density at radius 3 is 2.87 bits per heavy atom. The van der Waals surface area contributed by atoms with E-state index < -0.39 is 17.8 Å². The van der Waals surface area contributed by atoms with Gasteiger partial charge in [-0.1, -0.05) is 6.07 Å². The molecule has 1 amide bonds. The number of carbonyl (C=O) groups is 1. The maximum absolute atomic E-state index is 11.7. The van der Waals surface area contributed by atoms with E-state index in [2.05, 4.69) is 27.3 Å². The molecule has 1 unspecified atom stereocenters. The number of nitrogens with zero attached hydrogens (tertiary/aromatic N) is 2. The summed E-state index contributed by atoms with van der Waals surface area (Å²) in [4.78, 5) is 18.0. The van der Waals surface area contributed by atoms with Crippen LogP contribution in [0.5, 0.6) is 5.75 Å². The molecule has 1 aromatic heterocycles. The molecule has 0 spiro atoms. The van der Waals surface area contributed by atoms with Crippen LogP contribution in [-0.4, -0.2) is 52.4 Å². The quantitative estimate of drug-likeness (QED) is 0.715. The molecule has 0 saturated heterocycles. The Bertz CT molecular complexity index is 859. The number of hydrogen-bond acceptors (Lipinski definition) is 7. The molecule has 1 aliphatic heterocycles. The van der Waals surface area contributed by atoms with Crippen molar-refractivity contribution in [2.75, 3.05) is 19.6 Å². The van der Waals surface area contributed by atoms with Gasteiger partial charge in [0.15, 0.2) is 12.2 Å². The molecule has 2 aromatic rings. The second kappa shape index (κ2) is 9.49. The topological polar surface area (TPSA) is 97.1 Å². The number of hydrogen-bond donors (Lipinski definition) is 2. The highest BCUT2D eigenvalue weighted by atomic mass is 16.6. The second-order valence-corrected chi connectivity index (χ2v) is 8.60. The van der Waals surface area contributed by atoms with Crippen LogP contribution in [0.3, 0.4) is 0 Å². The molecular weight excluding hydrogens is 386 g/mol. The van der Waals surface area contributed by atoms with Crippen LogP contribution in [0.15, 0.2) is 29.0 Å². The van der Waals surface area contributed by atoms with Gasteiger partial charge in [0.25, 0.3) is 0 Å². The standard InChI is InChI=1S/C22H31N3O5/c1-15-20(29-14-24-15)13-28-19-6-5-17-11-25(8-7-16(17)9-19)12-18(26)10-23-21(27)30-22(2,3)4/h5-6,9,14,18,26H,7-8,10-13H2,1-4H3,(H,23,27). The van der Waals surface area contributed by atoms with E-state index in [0.717, 1.165) is 36.7 Å². The number of benzene rings is 1. The van der Waals surface area contributed by atoms with E-state index in [0.29, 0.717) is 13.2 Å². The fourth-order valence-corrected chi connectivity index (χ4v) is 3.32. The molecule has 2 N–H and O–H groups in total. The lowest BCUT2D eigenvalue weighted by molar-refractivity contribution is 0.0464. The smallest absolute Gasteiger partial charge is 0.407 e. The van der Waals surface area contributed by atoms with Gasteiger partial charge >= 0.3 is 6.09 Å². The minimum Gasteiger partial charge on any atom is -0.486 e. The first-order valence-corrected chi connectivity index (χ1v) is 10.2. The van der Waals surface area contributed by atoms with Gasteiger partial charge in [0.1, 0.15) is 18.0 Å². The van der Waals surface area contributed by atoms with Crippen molar-refractivity contribution in [2.24, 2.45) is 0 Å². The number of amides is 1. The molecule has 0 fully saturated rings. The molecule has 0 saturated carbocycles. The number of nitrogens with one attached hydrogen (secondary N) is 1. The Hall–Kier alpha value is -2.58. The van der Waals surface area contributed by atoms with E-state index in [1.807, 2.05) is 13.0 Å². The van der Waals surface area contributed by atoms with E-state index >= 15 is 0 Å². The van der Waals surface area contributed by atoms with Crippen molar-refractivity contribution in [3.05, 3.63) is 47.2 Å². The zero-order valence-corrected chi connectivity index (χ0v) is 18.1. The van der Waals surface area contributed by atoms with Gasteiger partial charge in [-0.15, -0.1) is 0 Å². The monoisotopic (exact) mass is 417 g/mol. The van der Waals surface area contributed by atoms with Gasteiger partial charge < -0.3 is 24.3 Å². The summed E-state index contributed by atoms with van der Waals surface area (Å²) in [6.07, 6.45) is 1.12. The van der Waals surface area contributed by atoms with Crippen molar-refractivity contribution >= 4 is 6.09 Å². The van der Waals surface area contributed by atoms with Gasteiger partial charge in [0, 0.05) is 26.2 Å². The van der Waals surface area contributed by atoms with E-state index in [1.54, 1.807) is 20.8 Å². The van der Waals surface area contributed by atoms with Crippen LogP contribution in [0.1, 0.15) is 43.4 Å². The van der Waals surface area contributed by atoms with Crippen molar-refractivity contribution in [3.8, 4) is 5.75 Å². The Kier molecular flexibility index (Phi) is 6.99. The predicted octanol–water partition coefficient (Wildman–Crippen LogP) is 2.81. The minimum absolute atomic E-state index is 0.159. The summed E-state index contributed by atoms with van der Waals surface area (Å²) in [5.41, 5.74) is 2.75. The first-order chi connectivity index (χ1) is 14.2. The van der Waals surface area contributed by atoms with Gasteiger partial charge in [-0.2, -0.15) is 0 Å². The molecule has 1 aliphatic rings. The number of aliphatic hydroxyl groups is 1. The molecule has 0 bridgehead atoms. The Balaban J connectivity index is 1.46. The average Bonchev–Trinajstić information content (AvgIpc) is 3.08. The predicted molar refractivity (Wildman–Crippen MR) is 111 cm³/mol. The zero-order chi connectivity index (χ0) is 21.7. The van der Waals surface area contributed by atoms with Gasteiger partial charge in [-0.05, 0) is 57.4 Å². The van der Waals surface area contributed by atoms with Crippen molar-refractivity contribution in [1.29, 1.82) is 0 Å². The van der Waals surface area contributed by atoms with Crippen LogP contribution < -0.4 is 10.1 Å². The van der Waals surface area contributed by atoms with Crippen molar-refractivity contribution < 1.29 is 23.8 Å². The highest BCUT2D eigenvalue weighted by Gasteiger charge is 2.21. The molecule has 2 heterocycles. The zero-order valence-electron chi connectivity index (χ0n) is 18.1. The summed E-state index contributed by atoms with van der Waals surface area (Å²) in [6, 6.07) is 6.09. The summed E-state index contributed by atoms with van der Waals surface area (Å²) < 4.78 is 16.3. The van der Waals surface area contributed by atoms with Crippen molar-refractivity contribution in [2.45, 2.75) is 59.0 Å². The Labute approximate surface area is 177 Å². The van der Waals surface area contributed by atoms with Crippen LogP contribution in [0.25, 0.3) is 0 Å². The van der Waals surface area contributed by atoms with Crippen LogP contribution in [0, 0.1) is 6.92 Å². The maximum atomic E-state index is 11.7. The molecule has 0 radical (unpaired) electrons. The van der Waals surface area contributed by atoms with Gasteiger partial charge in [0.05, 0.1) is 11.8 Å². The highest BCUT2D eigenvalue weighted by molar-refractivity contribution is 5.67. The molecular formula is C22H31N3O5. The van der Waals surface area contributed by atoms with Gasteiger partial charge in [-0.25, -0.2) is 9.78 Å².